The number of pyridine rings is 1. The summed E-state index contributed by atoms with van der Waals surface area (Å²) < 4.78 is 2.69. The second-order valence-electron chi connectivity index (χ2n) is 7.26. The average molecular weight is 386 g/mol. The van der Waals surface area contributed by atoms with Gasteiger partial charge in [-0.25, -0.2) is 4.52 Å². The molecule has 24 heavy (non-hydrogen) atoms. The molecule has 4 nitrogen and oxygen atoms in total. The number of allylic oxidation sites excluding steroid dienone is 2. The number of aromatic nitrogens is 2. The van der Waals surface area contributed by atoms with E-state index in [0.29, 0.717) is 5.69 Å². The van der Waals surface area contributed by atoms with Gasteiger partial charge in [-0.05, 0) is 58.6 Å². The standard InChI is InChI=1S/C19H20BrN3O/c1-12-16-10-19(2,3)9-13(16)6-7-22(12)18(24)17-8-15-5-4-14(20)11-23(15)21-17/h4-5,8-12H,6-7H2,1-3H3. The van der Waals surface area contributed by atoms with Crippen LogP contribution in [-0.4, -0.2) is 33.0 Å². The molecule has 1 aliphatic carbocycles. The first-order valence-corrected chi connectivity index (χ1v) is 9.04. The van der Waals surface area contributed by atoms with E-state index in [9.17, 15) is 4.79 Å². The van der Waals surface area contributed by atoms with Crippen LogP contribution >= 0.6 is 15.9 Å². The van der Waals surface area contributed by atoms with E-state index in [-0.39, 0.29) is 17.4 Å². The van der Waals surface area contributed by atoms with Crippen molar-refractivity contribution in [2.24, 2.45) is 5.41 Å². The van der Waals surface area contributed by atoms with Gasteiger partial charge < -0.3 is 4.90 Å². The first-order chi connectivity index (χ1) is 11.3. The summed E-state index contributed by atoms with van der Waals surface area (Å²) in [5.41, 5.74) is 4.22. The molecule has 5 heteroatoms. The van der Waals surface area contributed by atoms with Gasteiger partial charge in [-0.3, -0.25) is 4.79 Å². The predicted molar refractivity (Wildman–Crippen MR) is 98.0 cm³/mol. The quantitative estimate of drug-likeness (QED) is 0.736. The van der Waals surface area contributed by atoms with Gasteiger partial charge in [0.1, 0.15) is 0 Å². The molecule has 1 fully saturated rings. The Morgan fingerprint density at radius 1 is 1.33 bits per heavy atom. The second-order valence-corrected chi connectivity index (χ2v) is 8.18. The maximum Gasteiger partial charge on any atom is 0.274 e. The topological polar surface area (TPSA) is 37.6 Å². The second kappa shape index (κ2) is 5.31. The van der Waals surface area contributed by atoms with Crippen molar-refractivity contribution in [2.75, 3.05) is 6.54 Å². The van der Waals surface area contributed by atoms with Crippen molar-refractivity contribution < 1.29 is 4.79 Å². The average Bonchev–Trinajstić information content (AvgIpc) is 3.06. The van der Waals surface area contributed by atoms with Crippen LogP contribution in [0.3, 0.4) is 0 Å². The highest BCUT2D eigenvalue weighted by molar-refractivity contribution is 9.10. The lowest BCUT2D eigenvalue weighted by atomic mass is 9.93. The molecule has 1 atom stereocenters. The van der Waals surface area contributed by atoms with E-state index >= 15 is 0 Å². The van der Waals surface area contributed by atoms with E-state index in [1.165, 1.54) is 11.1 Å². The highest BCUT2D eigenvalue weighted by Gasteiger charge is 2.35. The molecule has 3 heterocycles. The number of hydrogen-bond donors (Lipinski definition) is 0. The van der Waals surface area contributed by atoms with Crippen LogP contribution < -0.4 is 0 Å². The summed E-state index contributed by atoms with van der Waals surface area (Å²) in [4.78, 5) is 15.0. The molecule has 0 N–H and O–H groups in total. The van der Waals surface area contributed by atoms with Crippen LogP contribution in [0.15, 0.2) is 52.2 Å². The van der Waals surface area contributed by atoms with E-state index in [0.717, 1.165) is 23.0 Å². The minimum atomic E-state index is 0.00646. The van der Waals surface area contributed by atoms with Gasteiger partial charge in [0, 0.05) is 22.6 Å². The molecule has 1 unspecified atom stereocenters. The molecule has 4 rings (SSSR count). The third kappa shape index (κ3) is 2.51. The van der Waals surface area contributed by atoms with Crippen molar-refractivity contribution in [3.05, 3.63) is 57.9 Å². The summed E-state index contributed by atoms with van der Waals surface area (Å²) in [6.45, 7) is 7.29. The lowest BCUT2D eigenvalue weighted by Gasteiger charge is -2.35. The first kappa shape index (κ1) is 15.6. The Balaban J connectivity index is 1.66. The summed E-state index contributed by atoms with van der Waals surface area (Å²) in [5, 5.41) is 4.46. The zero-order valence-corrected chi connectivity index (χ0v) is 15.7. The maximum atomic E-state index is 13.0. The van der Waals surface area contributed by atoms with E-state index in [2.05, 4.69) is 54.0 Å². The number of rotatable bonds is 1. The predicted octanol–water partition coefficient (Wildman–Crippen LogP) is 4.22. The number of hydrogen-bond acceptors (Lipinski definition) is 2. The maximum absolute atomic E-state index is 13.0. The molecular formula is C19H20BrN3O. The van der Waals surface area contributed by atoms with E-state index in [4.69, 9.17) is 0 Å². The Bertz CT molecular complexity index is 906. The van der Waals surface area contributed by atoms with Crippen molar-refractivity contribution in [3.8, 4) is 0 Å². The number of likely N-dealkylation sites (tertiary alicyclic amines) is 1. The third-order valence-electron chi connectivity index (χ3n) is 4.89. The fraction of sp³-hybridized carbons (Fsp3) is 0.368. The number of piperidine rings is 1. The van der Waals surface area contributed by atoms with Crippen LogP contribution in [0.2, 0.25) is 0 Å². The molecule has 0 bridgehead atoms. The molecule has 2 aliphatic rings. The first-order valence-electron chi connectivity index (χ1n) is 8.25. The molecular weight excluding hydrogens is 366 g/mol. The molecule has 1 amide bonds. The zero-order valence-electron chi connectivity index (χ0n) is 14.1. The molecule has 2 aromatic heterocycles. The van der Waals surface area contributed by atoms with Crippen LogP contribution in [-0.2, 0) is 0 Å². The van der Waals surface area contributed by atoms with Crippen LogP contribution in [0.25, 0.3) is 5.52 Å². The fourth-order valence-electron chi connectivity index (χ4n) is 3.77. The van der Waals surface area contributed by atoms with Gasteiger partial charge in [0.05, 0.1) is 11.6 Å². The number of nitrogens with zero attached hydrogens (tertiary/aromatic N) is 3. The van der Waals surface area contributed by atoms with Gasteiger partial charge in [0.25, 0.3) is 5.91 Å². The van der Waals surface area contributed by atoms with Crippen molar-refractivity contribution in [2.45, 2.75) is 33.2 Å². The highest BCUT2D eigenvalue weighted by atomic mass is 79.9. The molecule has 0 saturated carbocycles. The number of amides is 1. The smallest absolute Gasteiger partial charge is 0.274 e. The van der Waals surface area contributed by atoms with Crippen molar-refractivity contribution in [3.63, 3.8) is 0 Å². The Morgan fingerprint density at radius 3 is 2.92 bits per heavy atom. The molecule has 1 saturated heterocycles. The van der Waals surface area contributed by atoms with E-state index in [1.54, 1.807) is 4.52 Å². The summed E-state index contributed by atoms with van der Waals surface area (Å²) in [5.74, 6) is 0.00646. The van der Waals surface area contributed by atoms with Gasteiger partial charge in [-0.15, -0.1) is 0 Å². The molecule has 0 aromatic carbocycles. The van der Waals surface area contributed by atoms with Gasteiger partial charge in [-0.1, -0.05) is 26.0 Å². The number of carbonyl (C=O) groups is 1. The van der Waals surface area contributed by atoms with Crippen molar-refractivity contribution >= 4 is 27.4 Å². The third-order valence-corrected chi connectivity index (χ3v) is 5.36. The SMILES string of the molecule is CC1C2=CC(C)(C)C=C2CCN1C(=O)c1cc2ccc(Br)cn2n1. The van der Waals surface area contributed by atoms with E-state index < -0.39 is 0 Å². The Kier molecular flexibility index (Phi) is 3.46. The summed E-state index contributed by atoms with van der Waals surface area (Å²) in [6, 6.07) is 5.86. The summed E-state index contributed by atoms with van der Waals surface area (Å²) >= 11 is 3.44. The van der Waals surface area contributed by atoms with Crippen molar-refractivity contribution in [1.29, 1.82) is 0 Å². The van der Waals surface area contributed by atoms with Gasteiger partial charge in [0.2, 0.25) is 0 Å². The molecule has 0 radical (unpaired) electrons. The fourth-order valence-corrected chi connectivity index (χ4v) is 4.09. The van der Waals surface area contributed by atoms with Gasteiger partial charge in [0.15, 0.2) is 5.69 Å². The Morgan fingerprint density at radius 2 is 2.12 bits per heavy atom. The van der Waals surface area contributed by atoms with Gasteiger partial charge in [-0.2, -0.15) is 5.10 Å². The monoisotopic (exact) mass is 385 g/mol. The van der Waals surface area contributed by atoms with E-state index in [1.807, 2.05) is 29.3 Å². The number of carbonyl (C=O) groups excluding carboxylic acids is 1. The zero-order chi connectivity index (χ0) is 17.1. The normalized spacial score (nSPS) is 22.3. The molecule has 1 aliphatic heterocycles. The molecule has 2 aromatic rings. The minimum Gasteiger partial charge on any atom is -0.330 e. The Hall–Kier alpha value is -1.88. The van der Waals surface area contributed by atoms with Crippen LogP contribution in [0.5, 0.6) is 0 Å². The summed E-state index contributed by atoms with van der Waals surface area (Å²) in [6.07, 6.45) is 7.43. The van der Waals surface area contributed by atoms with Crippen LogP contribution in [0.4, 0.5) is 0 Å². The summed E-state index contributed by atoms with van der Waals surface area (Å²) in [7, 11) is 0. The number of halogens is 1. The van der Waals surface area contributed by atoms with Crippen LogP contribution in [0.1, 0.15) is 37.7 Å². The highest BCUT2D eigenvalue weighted by Crippen LogP contribution is 2.40. The minimum absolute atomic E-state index is 0.00646. The lowest BCUT2D eigenvalue weighted by molar-refractivity contribution is 0.0699. The number of fused-ring (bicyclic) bond motifs is 2. The Labute approximate surface area is 150 Å². The molecule has 124 valence electrons. The van der Waals surface area contributed by atoms with Gasteiger partial charge >= 0.3 is 0 Å². The van der Waals surface area contributed by atoms with Crippen LogP contribution in [0, 0.1) is 5.41 Å². The van der Waals surface area contributed by atoms with Crippen molar-refractivity contribution in [1.82, 2.24) is 14.5 Å². The lowest BCUT2D eigenvalue weighted by Crippen LogP contribution is -2.44. The largest absolute Gasteiger partial charge is 0.330 e. The molecule has 0 spiro atoms.